The average molecular weight is 473 g/mol. The van der Waals surface area contributed by atoms with Gasteiger partial charge < -0.3 is 25.0 Å². The van der Waals surface area contributed by atoms with Gasteiger partial charge in [0, 0.05) is 12.1 Å². The van der Waals surface area contributed by atoms with Crippen molar-refractivity contribution in [1.82, 2.24) is 10.2 Å². The number of anilines is 1. The van der Waals surface area contributed by atoms with Crippen molar-refractivity contribution >= 4 is 23.4 Å². The van der Waals surface area contributed by atoms with Gasteiger partial charge in [0.25, 0.3) is 11.8 Å². The summed E-state index contributed by atoms with van der Waals surface area (Å²) in [5.74, 6) is -0.402. The lowest BCUT2D eigenvalue weighted by atomic mass is 10.0. The van der Waals surface area contributed by atoms with Gasteiger partial charge >= 0.3 is 0 Å². The van der Waals surface area contributed by atoms with Gasteiger partial charge in [-0.2, -0.15) is 0 Å². The highest BCUT2D eigenvalue weighted by Crippen LogP contribution is 2.38. The van der Waals surface area contributed by atoms with Crippen LogP contribution in [0.25, 0.3) is 11.1 Å². The molecule has 2 atom stereocenters. The Hall–Kier alpha value is -4.40. The van der Waals surface area contributed by atoms with E-state index >= 15 is 0 Å². The molecule has 0 bridgehead atoms. The maximum Gasteiger partial charge on any atom is 0.256 e. The molecule has 1 fully saturated rings. The smallest absolute Gasteiger partial charge is 0.256 e. The third kappa shape index (κ3) is 3.65. The van der Waals surface area contributed by atoms with Crippen LogP contribution in [0.2, 0.25) is 0 Å². The molecule has 3 aliphatic heterocycles. The number of hydrogen-bond donors (Lipinski definition) is 2. The average Bonchev–Trinajstić information content (AvgIpc) is 3.48. The van der Waals surface area contributed by atoms with Gasteiger partial charge in [0.1, 0.15) is 11.9 Å². The molecular formula is C26H20FN3O5. The summed E-state index contributed by atoms with van der Waals surface area (Å²) in [6.07, 6.45) is 0.405. The summed E-state index contributed by atoms with van der Waals surface area (Å²) >= 11 is 0. The number of fused-ring (bicyclic) bond motifs is 3. The van der Waals surface area contributed by atoms with Crippen LogP contribution in [-0.2, 0) is 4.79 Å². The van der Waals surface area contributed by atoms with E-state index in [-0.39, 0.29) is 24.2 Å². The number of halogens is 1. The first-order valence-corrected chi connectivity index (χ1v) is 11.2. The van der Waals surface area contributed by atoms with E-state index in [0.29, 0.717) is 35.7 Å². The van der Waals surface area contributed by atoms with Crippen LogP contribution in [0, 0.1) is 5.82 Å². The summed E-state index contributed by atoms with van der Waals surface area (Å²) in [4.78, 5) is 40.8. The Morgan fingerprint density at radius 2 is 1.80 bits per heavy atom. The van der Waals surface area contributed by atoms with Crippen LogP contribution in [0.5, 0.6) is 11.5 Å². The minimum Gasteiger partial charge on any atom is -0.454 e. The number of carbonyl (C=O) groups is 3. The highest BCUT2D eigenvalue weighted by Gasteiger charge is 2.45. The van der Waals surface area contributed by atoms with Crippen LogP contribution < -0.4 is 20.1 Å². The molecule has 0 radical (unpaired) electrons. The Labute approximate surface area is 199 Å². The van der Waals surface area contributed by atoms with E-state index < -0.39 is 23.8 Å². The molecule has 3 amide bonds. The molecule has 3 aromatic carbocycles. The second-order valence-electron chi connectivity index (χ2n) is 8.64. The van der Waals surface area contributed by atoms with E-state index in [0.717, 1.165) is 17.2 Å². The fourth-order valence-electron chi connectivity index (χ4n) is 4.82. The Morgan fingerprint density at radius 1 is 1.00 bits per heavy atom. The zero-order valence-corrected chi connectivity index (χ0v) is 18.4. The van der Waals surface area contributed by atoms with Crippen molar-refractivity contribution in [2.24, 2.45) is 0 Å². The van der Waals surface area contributed by atoms with E-state index in [2.05, 4.69) is 10.6 Å². The number of rotatable bonds is 3. The SMILES string of the molecule is O=C(N[C@@H]1CCN2C(=O)c3cc(-c4ccc5c(c4)OCO5)ccc3NC(=O)[C@H]12)c1cccc(F)c1. The largest absolute Gasteiger partial charge is 0.454 e. The van der Waals surface area contributed by atoms with Crippen LogP contribution in [0.3, 0.4) is 0 Å². The van der Waals surface area contributed by atoms with Gasteiger partial charge in [-0.15, -0.1) is 0 Å². The second-order valence-corrected chi connectivity index (χ2v) is 8.64. The Kier molecular flexibility index (Phi) is 4.91. The summed E-state index contributed by atoms with van der Waals surface area (Å²) in [6, 6.07) is 14.7. The minimum atomic E-state index is -0.874. The first kappa shape index (κ1) is 21.2. The molecule has 8 nitrogen and oxygen atoms in total. The number of amides is 3. The van der Waals surface area contributed by atoms with Gasteiger partial charge in [-0.05, 0) is 60.0 Å². The van der Waals surface area contributed by atoms with Crippen molar-refractivity contribution in [2.45, 2.75) is 18.5 Å². The first-order valence-electron chi connectivity index (χ1n) is 11.2. The molecule has 0 aromatic heterocycles. The van der Waals surface area contributed by atoms with E-state index in [1.807, 2.05) is 24.3 Å². The first-order chi connectivity index (χ1) is 17.0. The van der Waals surface area contributed by atoms with Crippen molar-refractivity contribution in [1.29, 1.82) is 0 Å². The fraction of sp³-hybridized carbons (Fsp3) is 0.192. The molecule has 0 aliphatic carbocycles. The van der Waals surface area contributed by atoms with Crippen molar-refractivity contribution in [3.05, 3.63) is 77.6 Å². The molecule has 3 aliphatic rings. The molecule has 3 aromatic rings. The molecule has 3 heterocycles. The van der Waals surface area contributed by atoms with Crippen LogP contribution >= 0.6 is 0 Å². The quantitative estimate of drug-likeness (QED) is 0.609. The zero-order chi connectivity index (χ0) is 24.1. The number of ether oxygens (including phenoxy) is 2. The van der Waals surface area contributed by atoms with Gasteiger partial charge in [0.2, 0.25) is 12.7 Å². The third-order valence-electron chi connectivity index (χ3n) is 6.54. The van der Waals surface area contributed by atoms with Gasteiger partial charge in [0.15, 0.2) is 11.5 Å². The van der Waals surface area contributed by atoms with Crippen LogP contribution in [-0.4, -0.2) is 48.0 Å². The molecular weight excluding hydrogens is 453 g/mol. The van der Waals surface area contributed by atoms with Crippen LogP contribution in [0.4, 0.5) is 10.1 Å². The van der Waals surface area contributed by atoms with Crippen molar-refractivity contribution < 1.29 is 28.2 Å². The van der Waals surface area contributed by atoms with E-state index in [1.54, 1.807) is 12.1 Å². The molecule has 35 heavy (non-hydrogen) atoms. The molecule has 0 unspecified atom stereocenters. The molecule has 9 heteroatoms. The standard InChI is InChI=1S/C26H20FN3O5/c27-17-3-1-2-16(10-17)24(31)29-20-8-9-30-23(20)25(32)28-19-6-4-14(11-18(19)26(30)33)15-5-7-21-22(12-15)35-13-34-21/h1-7,10-12,20,23H,8-9,13H2,(H,28,32)(H,29,31)/t20-,23+/m1/s1. The lowest BCUT2D eigenvalue weighted by Gasteiger charge is -2.25. The summed E-state index contributed by atoms with van der Waals surface area (Å²) < 4.78 is 24.4. The molecule has 2 N–H and O–H groups in total. The minimum absolute atomic E-state index is 0.153. The summed E-state index contributed by atoms with van der Waals surface area (Å²) in [6.45, 7) is 0.472. The highest BCUT2D eigenvalue weighted by atomic mass is 19.1. The Bertz CT molecular complexity index is 1390. The number of benzene rings is 3. The molecule has 1 saturated heterocycles. The van der Waals surface area contributed by atoms with Crippen LogP contribution in [0.15, 0.2) is 60.7 Å². The molecule has 0 spiro atoms. The third-order valence-corrected chi connectivity index (χ3v) is 6.54. The van der Waals surface area contributed by atoms with Gasteiger partial charge in [-0.3, -0.25) is 14.4 Å². The van der Waals surface area contributed by atoms with Crippen molar-refractivity contribution in [3.63, 3.8) is 0 Å². The van der Waals surface area contributed by atoms with E-state index in [1.165, 1.54) is 23.1 Å². The van der Waals surface area contributed by atoms with Crippen molar-refractivity contribution in [3.8, 4) is 22.6 Å². The second kappa shape index (κ2) is 8.12. The summed E-state index contributed by atoms with van der Waals surface area (Å²) in [7, 11) is 0. The topological polar surface area (TPSA) is 97.0 Å². The Morgan fingerprint density at radius 3 is 2.66 bits per heavy atom. The Balaban J connectivity index is 1.28. The summed E-state index contributed by atoms with van der Waals surface area (Å²) in [5, 5.41) is 5.64. The van der Waals surface area contributed by atoms with E-state index in [9.17, 15) is 18.8 Å². The highest BCUT2D eigenvalue weighted by molar-refractivity contribution is 6.11. The summed E-state index contributed by atoms with van der Waals surface area (Å²) in [5.41, 5.74) is 2.57. The normalized spacial score (nSPS) is 20.1. The number of nitrogens with one attached hydrogen (secondary N) is 2. The molecule has 0 saturated carbocycles. The maximum absolute atomic E-state index is 13.5. The fourth-order valence-corrected chi connectivity index (χ4v) is 4.82. The number of nitrogens with zero attached hydrogens (tertiary/aromatic N) is 1. The predicted octanol–water partition coefficient (Wildman–Crippen LogP) is 3.19. The lowest BCUT2D eigenvalue weighted by Crippen LogP contribution is -2.51. The predicted molar refractivity (Wildman–Crippen MR) is 124 cm³/mol. The van der Waals surface area contributed by atoms with Gasteiger partial charge in [-0.25, -0.2) is 4.39 Å². The lowest BCUT2D eigenvalue weighted by molar-refractivity contribution is -0.120. The molecule has 176 valence electrons. The monoisotopic (exact) mass is 473 g/mol. The number of carbonyl (C=O) groups excluding carboxylic acids is 3. The molecule has 6 rings (SSSR count). The van der Waals surface area contributed by atoms with E-state index in [4.69, 9.17) is 9.47 Å². The number of hydrogen-bond acceptors (Lipinski definition) is 5. The maximum atomic E-state index is 13.5. The van der Waals surface area contributed by atoms with Crippen molar-refractivity contribution in [2.75, 3.05) is 18.7 Å². The van der Waals surface area contributed by atoms with Gasteiger partial charge in [-0.1, -0.05) is 18.2 Å². The zero-order valence-electron chi connectivity index (χ0n) is 18.4. The van der Waals surface area contributed by atoms with Crippen LogP contribution in [0.1, 0.15) is 27.1 Å². The van der Waals surface area contributed by atoms with Gasteiger partial charge in [0.05, 0.1) is 17.3 Å².